The summed E-state index contributed by atoms with van der Waals surface area (Å²) in [5.41, 5.74) is 6.09. The fourth-order valence-electron chi connectivity index (χ4n) is 1.22. The number of ether oxygens (including phenoxy) is 1. The van der Waals surface area contributed by atoms with Crippen molar-refractivity contribution in [1.29, 1.82) is 0 Å². The predicted molar refractivity (Wildman–Crippen MR) is 56.5 cm³/mol. The summed E-state index contributed by atoms with van der Waals surface area (Å²) in [7, 11) is 0. The van der Waals surface area contributed by atoms with E-state index in [1.54, 1.807) is 6.07 Å². The Morgan fingerprint density at radius 2 is 2.44 bits per heavy atom. The first-order valence-electron chi connectivity index (χ1n) is 5.01. The van der Waals surface area contributed by atoms with Crippen molar-refractivity contribution in [3.05, 3.63) is 11.9 Å². The minimum Gasteiger partial charge on any atom is -0.382 e. The summed E-state index contributed by atoms with van der Waals surface area (Å²) >= 11 is 0. The fourth-order valence-corrected chi connectivity index (χ4v) is 1.22. The molecule has 0 atom stereocenters. The average molecular weight is 223 g/mol. The molecule has 2 aromatic rings. The van der Waals surface area contributed by atoms with Crippen LogP contribution >= 0.6 is 0 Å². The van der Waals surface area contributed by atoms with Gasteiger partial charge in [-0.15, -0.1) is 0 Å². The number of rotatable bonds is 5. The second-order valence-corrected chi connectivity index (χ2v) is 3.17. The van der Waals surface area contributed by atoms with Gasteiger partial charge in [-0.1, -0.05) is 5.16 Å². The summed E-state index contributed by atoms with van der Waals surface area (Å²) in [5.74, 6) is 1.39. The van der Waals surface area contributed by atoms with Crippen molar-refractivity contribution in [2.75, 3.05) is 18.9 Å². The van der Waals surface area contributed by atoms with Crippen LogP contribution in [0.2, 0.25) is 0 Å². The highest BCUT2D eigenvalue weighted by Crippen LogP contribution is 2.15. The lowest BCUT2D eigenvalue weighted by atomic mass is 10.4. The molecule has 0 aliphatic heterocycles. The Morgan fingerprint density at radius 1 is 1.56 bits per heavy atom. The van der Waals surface area contributed by atoms with Crippen LogP contribution in [0.4, 0.5) is 5.82 Å². The second kappa shape index (κ2) is 4.75. The first-order valence-corrected chi connectivity index (χ1v) is 5.01. The van der Waals surface area contributed by atoms with Crippen LogP contribution in [0.1, 0.15) is 12.7 Å². The van der Waals surface area contributed by atoms with E-state index in [-0.39, 0.29) is 0 Å². The Hall–Kier alpha value is -1.89. The fraction of sp³-hybridized carbons (Fsp3) is 0.444. The lowest BCUT2D eigenvalue weighted by molar-refractivity contribution is 0.149. The number of aromatic amines is 1. The van der Waals surface area contributed by atoms with Crippen molar-refractivity contribution in [2.45, 2.75) is 13.3 Å². The molecule has 16 heavy (non-hydrogen) atoms. The quantitative estimate of drug-likeness (QED) is 0.720. The maximum Gasteiger partial charge on any atom is 0.276 e. The average Bonchev–Trinajstić information content (AvgIpc) is 2.87. The molecule has 7 heteroatoms. The molecule has 0 radical (unpaired) electrons. The highest BCUT2D eigenvalue weighted by atomic mass is 16.5. The van der Waals surface area contributed by atoms with Gasteiger partial charge in [0.15, 0.2) is 5.82 Å². The zero-order chi connectivity index (χ0) is 11.4. The Labute approximate surface area is 92.0 Å². The van der Waals surface area contributed by atoms with Gasteiger partial charge in [-0.3, -0.25) is 5.10 Å². The van der Waals surface area contributed by atoms with Crippen molar-refractivity contribution in [3.63, 3.8) is 0 Å². The number of hydrogen-bond acceptors (Lipinski definition) is 6. The molecule has 0 aliphatic rings. The number of nitrogens with zero attached hydrogens (tertiary/aromatic N) is 3. The van der Waals surface area contributed by atoms with Crippen molar-refractivity contribution < 1.29 is 9.26 Å². The summed E-state index contributed by atoms with van der Waals surface area (Å²) in [4.78, 5) is 4.18. The molecule has 86 valence electrons. The topological polar surface area (TPSA) is 103 Å². The Kier molecular flexibility index (Phi) is 3.16. The normalized spacial score (nSPS) is 10.8. The van der Waals surface area contributed by atoms with Crippen LogP contribution in [-0.4, -0.2) is 33.6 Å². The number of aromatic nitrogens is 4. The van der Waals surface area contributed by atoms with Gasteiger partial charge in [0.25, 0.3) is 5.89 Å². The van der Waals surface area contributed by atoms with Gasteiger partial charge < -0.3 is 15.0 Å². The van der Waals surface area contributed by atoms with Crippen LogP contribution in [0.15, 0.2) is 10.6 Å². The van der Waals surface area contributed by atoms with E-state index in [4.69, 9.17) is 15.0 Å². The highest BCUT2D eigenvalue weighted by Gasteiger charge is 2.10. The third kappa shape index (κ3) is 2.37. The largest absolute Gasteiger partial charge is 0.382 e. The van der Waals surface area contributed by atoms with Crippen LogP contribution < -0.4 is 5.73 Å². The van der Waals surface area contributed by atoms with Gasteiger partial charge in [0, 0.05) is 19.1 Å². The lowest BCUT2D eigenvalue weighted by Crippen LogP contribution is -1.99. The van der Waals surface area contributed by atoms with E-state index >= 15 is 0 Å². The van der Waals surface area contributed by atoms with Crippen LogP contribution in [0, 0.1) is 0 Å². The zero-order valence-electron chi connectivity index (χ0n) is 8.93. The third-order valence-electron chi connectivity index (χ3n) is 1.97. The summed E-state index contributed by atoms with van der Waals surface area (Å²) in [6.07, 6.45) is 0.626. The van der Waals surface area contributed by atoms with Gasteiger partial charge in [-0.2, -0.15) is 10.1 Å². The molecule has 0 unspecified atom stereocenters. The number of H-pyrrole nitrogens is 1. The van der Waals surface area contributed by atoms with Crippen LogP contribution in [0.25, 0.3) is 11.6 Å². The van der Waals surface area contributed by atoms with Crippen molar-refractivity contribution in [1.82, 2.24) is 20.3 Å². The van der Waals surface area contributed by atoms with Crippen molar-refractivity contribution in [2.24, 2.45) is 0 Å². The molecule has 0 saturated carbocycles. The molecule has 0 fully saturated rings. The molecular weight excluding hydrogens is 210 g/mol. The van der Waals surface area contributed by atoms with Crippen LogP contribution in [-0.2, 0) is 11.2 Å². The maximum absolute atomic E-state index is 5.47. The number of hydrogen-bond donors (Lipinski definition) is 2. The SMILES string of the molecule is CCOCCc1noc(-c2cc(N)n[nH]2)n1. The smallest absolute Gasteiger partial charge is 0.276 e. The Morgan fingerprint density at radius 3 is 3.12 bits per heavy atom. The maximum atomic E-state index is 5.47. The first-order chi connectivity index (χ1) is 7.79. The Bertz CT molecular complexity index is 450. The van der Waals surface area contributed by atoms with Gasteiger partial charge in [0.2, 0.25) is 0 Å². The zero-order valence-corrected chi connectivity index (χ0v) is 8.93. The van der Waals surface area contributed by atoms with Gasteiger partial charge >= 0.3 is 0 Å². The highest BCUT2D eigenvalue weighted by molar-refractivity contribution is 5.51. The van der Waals surface area contributed by atoms with E-state index in [2.05, 4.69) is 20.3 Å². The van der Waals surface area contributed by atoms with E-state index in [0.29, 0.717) is 42.9 Å². The summed E-state index contributed by atoms with van der Waals surface area (Å²) in [6.45, 7) is 3.21. The number of nitrogens with two attached hydrogens (primary N) is 1. The van der Waals surface area contributed by atoms with Gasteiger partial charge in [0.1, 0.15) is 11.5 Å². The molecule has 0 aromatic carbocycles. The summed E-state index contributed by atoms with van der Waals surface area (Å²) in [5, 5.41) is 10.3. The minimum absolute atomic E-state index is 0.385. The minimum atomic E-state index is 0.385. The van der Waals surface area contributed by atoms with Gasteiger partial charge in [-0.05, 0) is 6.92 Å². The van der Waals surface area contributed by atoms with E-state index < -0.39 is 0 Å². The molecule has 0 spiro atoms. The molecule has 0 aliphatic carbocycles. The molecule has 0 bridgehead atoms. The van der Waals surface area contributed by atoms with Gasteiger partial charge in [-0.25, -0.2) is 0 Å². The number of nitrogen functional groups attached to an aromatic ring is 1. The van der Waals surface area contributed by atoms with E-state index in [1.807, 2.05) is 6.92 Å². The Balaban J connectivity index is 2.02. The third-order valence-corrected chi connectivity index (χ3v) is 1.97. The first kappa shape index (κ1) is 10.6. The lowest BCUT2D eigenvalue weighted by Gasteiger charge is -1.94. The molecule has 0 saturated heterocycles. The molecular formula is C9H13N5O2. The van der Waals surface area contributed by atoms with E-state index in [9.17, 15) is 0 Å². The van der Waals surface area contributed by atoms with Crippen LogP contribution in [0.3, 0.4) is 0 Å². The molecule has 2 heterocycles. The second-order valence-electron chi connectivity index (χ2n) is 3.17. The van der Waals surface area contributed by atoms with E-state index in [1.165, 1.54) is 0 Å². The van der Waals surface area contributed by atoms with E-state index in [0.717, 1.165) is 0 Å². The molecule has 7 nitrogen and oxygen atoms in total. The van der Waals surface area contributed by atoms with Gasteiger partial charge in [0.05, 0.1) is 6.61 Å². The molecule has 2 rings (SSSR count). The van der Waals surface area contributed by atoms with Crippen molar-refractivity contribution >= 4 is 5.82 Å². The molecule has 2 aromatic heterocycles. The standard InChI is InChI=1S/C9H13N5O2/c1-2-15-4-3-8-11-9(16-14-8)6-5-7(10)13-12-6/h5H,2-4H2,1H3,(H3,10,12,13). The van der Waals surface area contributed by atoms with Crippen LogP contribution in [0.5, 0.6) is 0 Å². The molecule has 0 amide bonds. The summed E-state index contributed by atoms with van der Waals surface area (Å²) < 4.78 is 10.2. The number of anilines is 1. The monoisotopic (exact) mass is 223 g/mol. The predicted octanol–water partition coefficient (Wildman–Crippen LogP) is 0.621. The number of nitrogens with one attached hydrogen (secondary N) is 1. The summed E-state index contributed by atoms with van der Waals surface area (Å²) in [6, 6.07) is 1.64. The van der Waals surface area contributed by atoms with Crippen molar-refractivity contribution in [3.8, 4) is 11.6 Å². The molecule has 3 N–H and O–H groups in total.